The second-order valence-corrected chi connectivity index (χ2v) is 8.43. The van der Waals surface area contributed by atoms with Gasteiger partial charge in [-0.05, 0) is 74.4 Å². The van der Waals surface area contributed by atoms with Gasteiger partial charge in [0, 0.05) is 17.8 Å². The molecule has 1 N–H and O–H groups in total. The maximum absolute atomic E-state index is 5.80. The normalized spacial score (nSPS) is 15.9. The molecular weight excluding hydrogens is 448 g/mol. The highest BCUT2D eigenvalue weighted by Gasteiger charge is 2.33. The lowest BCUT2D eigenvalue weighted by Crippen LogP contribution is -2.46. The molecular formula is C26H30N4O3S. The van der Waals surface area contributed by atoms with Crippen molar-refractivity contribution < 1.29 is 14.0 Å². The minimum Gasteiger partial charge on any atom is -0.497 e. The van der Waals surface area contributed by atoms with E-state index in [2.05, 4.69) is 29.2 Å². The lowest BCUT2D eigenvalue weighted by atomic mass is 9.94. The molecule has 1 aliphatic heterocycles. The summed E-state index contributed by atoms with van der Waals surface area (Å²) in [5.41, 5.74) is 3.83. The van der Waals surface area contributed by atoms with Crippen molar-refractivity contribution in [3.05, 3.63) is 65.7 Å². The van der Waals surface area contributed by atoms with Gasteiger partial charge in [-0.25, -0.2) is 0 Å². The monoisotopic (exact) mass is 478 g/mol. The Morgan fingerprint density at radius 1 is 1.06 bits per heavy atom. The molecule has 34 heavy (non-hydrogen) atoms. The van der Waals surface area contributed by atoms with Crippen molar-refractivity contribution in [2.75, 3.05) is 20.3 Å². The molecule has 0 saturated heterocycles. The topological polar surface area (TPSA) is 72.7 Å². The molecule has 1 aromatic heterocycles. The Kier molecular flexibility index (Phi) is 7.47. The van der Waals surface area contributed by atoms with E-state index in [4.69, 9.17) is 31.2 Å². The number of benzene rings is 2. The van der Waals surface area contributed by atoms with E-state index >= 15 is 0 Å². The van der Waals surface area contributed by atoms with Crippen LogP contribution < -0.4 is 14.8 Å². The molecule has 7 nitrogen and oxygen atoms in total. The Morgan fingerprint density at radius 2 is 1.76 bits per heavy atom. The van der Waals surface area contributed by atoms with E-state index in [1.54, 1.807) is 7.11 Å². The molecule has 0 saturated carbocycles. The lowest BCUT2D eigenvalue weighted by molar-refractivity contribution is 0.340. The number of rotatable bonds is 9. The number of aromatic nitrogens is 2. The fourth-order valence-electron chi connectivity index (χ4n) is 4.01. The van der Waals surface area contributed by atoms with Gasteiger partial charge in [-0.1, -0.05) is 30.6 Å². The molecule has 0 aliphatic carbocycles. The first-order valence-corrected chi connectivity index (χ1v) is 12.0. The third-order valence-corrected chi connectivity index (χ3v) is 6.20. The van der Waals surface area contributed by atoms with Gasteiger partial charge >= 0.3 is 0 Å². The quantitative estimate of drug-likeness (QED) is 0.398. The smallest absolute Gasteiger partial charge is 0.258 e. The summed E-state index contributed by atoms with van der Waals surface area (Å²) < 4.78 is 16.7. The third kappa shape index (κ3) is 4.92. The average Bonchev–Trinajstić information content (AvgIpc) is 3.34. The predicted molar refractivity (Wildman–Crippen MR) is 137 cm³/mol. The summed E-state index contributed by atoms with van der Waals surface area (Å²) in [6, 6.07) is 15.4. The summed E-state index contributed by atoms with van der Waals surface area (Å²) in [4.78, 5) is 6.88. The summed E-state index contributed by atoms with van der Waals surface area (Å²) in [7, 11) is 1.64. The molecule has 8 heteroatoms. The summed E-state index contributed by atoms with van der Waals surface area (Å²) >= 11 is 5.75. The number of hydrogen-bond acceptors (Lipinski definition) is 6. The van der Waals surface area contributed by atoms with E-state index in [0.29, 0.717) is 23.4 Å². The number of nitrogens with one attached hydrogen (secondary N) is 1. The number of unbranched alkanes of at least 4 members (excludes halogenated alkanes) is 1. The molecule has 0 fully saturated rings. The number of hydrogen-bond donors (Lipinski definition) is 1. The fourth-order valence-corrected chi connectivity index (χ4v) is 4.35. The van der Waals surface area contributed by atoms with Crippen molar-refractivity contribution in [3.8, 4) is 22.9 Å². The summed E-state index contributed by atoms with van der Waals surface area (Å²) in [5, 5.41) is 8.46. The van der Waals surface area contributed by atoms with Crippen LogP contribution in [0.2, 0.25) is 0 Å². The van der Waals surface area contributed by atoms with Crippen LogP contribution in [-0.2, 0) is 0 Å². The van der Waals surface area contributed by atoms with E-state index in [-0.39, 0.29) is 6.04 Å². The van der Waals surface area contributed by atoms with Gasteiger partial charge in [-0.2, -0.15) is 4.98 Å². The Balaban J connectivity index is 1.74. The molecule has 4 rings (SSSR count). The van der Waals surface area contributed by atoms with Crippen LogP contribution in [0.4, 0.5) is 0 Å². The SMILES string of the molecule is CCCCN1C(=S)NC(c2ccc(OCC)cc2)C(c2nc(-c3ccc(OC)cc3)no2)=C1C. The number of thiocarbonyl (C=S) groups is 1. The van der Waals surface area contributed by atoms with Crippen LogP contribution in [0.1, 0.15) is 51.1 Å². The van der Waals surface area contributed by atoms with E-state index < -0.39 is 0 Å². The standard InChI is InChI=1S/C26H30N4O3S/c1-5-7-16-30-17(3)22(23(27-26(30)34)18-8-14-21(15-9-18)32-6-2)25-28-24(29-33-25)19-10-12-20(31-4)13-11-19/h8-15,23H,5-7,16H2,1-4H3,(H,27,34). The summed E-state index contributed by atoms with van der Waals surface area (Å²) in [6.07, 6.45) is 2.10. The van der Waals surface area contributed by atoms with E-state index in [1.807, 2.05) is 55.5 Å². The fraction of sp³-hybridized carbons (Fsp3) is 0.346. The largest absolute Gasteiger partial charge is 0.497 e. The zero-order chi connectivity index (χ0) is 24.1. The first kappa shape index (κ1) is 23.8. The number of ether oxygens (including phenoxy) is 2. The van der Waals surface area contributed by atoms with Crippen LogP contribution in [-0.4, -0.2) is 40.4 Å². The molecule has 1 atom stereocenters. The van der Waals surface area contributed by atoms with Crippen LogP contribution in [0, 0.1) is 0 Å². The highest BCUT2D eigenvalue weighted by molar-refractivity contribution is 7.80. The summed E-state index contributed by atoms with van der Waals surface area (Å²) in [5.74, 6) is 2.60. The van der Waals surface area contributed by atoms with Gasteiger partial charge in [-0.15, -0.1) is 0 Å². The number of nitrogens with zero attached hydrogens (tertiary/aromatic N) is 3. The van der Waals surface area contributed by atoms with E-state index in [1.165, 1.54) is 0 Å². The Labute approximate surface area is 205 Å². The maximum Gasteiger partial charge on any atom is 0.258 e. The van der Waals surface area contributed by atoms with Gasteiger partial charge in [0.05, 0.1) is 25.3 Å². The van der Waals surface area contributed by atoms with E-state index in [9.17, 15) is 0 Å². The molecule has 2 aromatic carbocycles. The molecule has 0 bridgehead atoms. The van der Waals surface area contributed by atoms with Crippen molar-refractivity contribution in [2.45, 2.75) is 39.7 Å². The molecule has 3 aromatic rings. The first-order chi connectivity index (χ1) is 16.5. The number of allylic oxidation sites excluding steroid dienone is 1. The van der Waals surface area contributed by atoms with Gasteiger partial charge in [0.1, 0.15) is 11.5 Å². The minimum atomic E-state index is -0.217. The molecule has 178 valence electrons. The maximum atomic E-state index is 5.80. The van der Waals surface area contributed by atoms with Gasteiger partial charge < -0.3 is 24.2 Å². The van der Waals surface area contributed by atoms with Crippen LogP contribution in [0.25, 0.3) is 17.0 Å². The zero-order valence-corrected chi connectivity index (χ0v) is 20.8. The van der Waals surface area contributed by atoms with Crippen molar-refractivity contribution in [2.24, 2.45) is 0 Å². The van der Waals surface area contributed by atoms with Crippen molar-refractivity contribution in [1.29, 1.82) is 0 Å². The third-order valence-electron chi connectivity index (χ3n) is 5.86. The van der Waals surface area contributed by atoms with Crippen molar-refractivity contribution >= 4 is 22.9 Å². The molecule has 0 amide bonds. The predicted octanol–water partition coefficient (Wildman–Crippen LogP) is 5.61. The lowest BCUT2D eigenvalue weighted by Gasteiger charge is -2.37. The van der Waals surface area contributed by atoms with Crippen molar-refractivity contribution in [3.63, 3.8) is 0 Å². The van der Waals surface area contributed by atoms with Crippen LogP contribution in [0.5, 0.6) is 11.5 Å². The first-order valence-electron chi connectivity index (χ1n) is 11.6. The van der Waals surface area contributed by atoms with E-state index in [0.717, 1.165) is 53.3 Å². The highest BCUT2D eigenvalue weighted by Crippen LogP contribution is 2.38. The van der Waals surface area contributed by atoms with Gasteiger partial charge in [0.2, 0.25) is 5.82 Å². The Morgan fingerprint density at radius 3 is 2.41 bits per heavy atom. The molecule has 0 radical (unpaired) electrons. The van der Waals surface area contributed by atoms with Crippen molar-refractivity contribution in [1.82, 2.24) is 20.4 Å². The second kappa shape index (κ2) is 10.7. The molecule has 2 heterocycles. The zero-order valence-electron chi connectivity index (χ0n) is 20.0. The molecule has 1 unspecified atom stereocenters. The minimum absolute atomic E-state index is 0.217. The van der Waals surface area contributed by atoms with Gasteiger partial charge in [0.25, 0.3) is 5.89 Å². The average molecular weight is 479 g/mol. The van der Waals surface area contributed by atoms with Gasteiger partial charge in [0.15, 0.2) is 5.11 Å². The molecule has 1 aliphatic rings. The number of methoxy groups -OCH3 is 1. The van der Waals surface area contributed by atoms with Crippen LogP contribution in [0.3, 0.4) is 0 Å². The Bertz CT molecular complexity index is 1160. The van der Waals surface area contributed by atoms with Gasteiger partial charge in [-0.3, -0.25) is 0 Å². The Hall–Kier alpha value is -3.39. The van der Waals surface area contributed by atoms with Crippen LogP contribution >= 0.6 is 12.2 Å². The molecule has 0 spiro atoms. The highest BCUT2D eigenvalue weighted by atomic mass is 32.1. The second-order valence-electron chi connectivity index (χ2n) is 8.04. The van der Waals surface area contributed by atoms with Crippen LogP contribution in [0.15, 0.2) is 58.8 Å². The summed E-state index contributed by atoms with van der Waals surface area (Å²) in [6.45, 7) is 7.66.